The molecule has 0 bridgehead atoms. The van der Waals surface area contributed by atoms with Crippen molar-refractivity contribution in [1.29, 1.82) is 0 Å². The molecule has 1 atom stereocenters. The van der Waals surface area contributed by atoms with E-state index in [9.17, 15) is 14.4 Å². The molecule has 0 aromatic rings. The average molecular weight is 255 g/mol. The molecule has 0 aromatic carbocycles. The van der Waals surface area contributed by atoms with Crippen LogP contribution in [0, 0.1) is 0 Å². The quantitative estimate of drug-likeness (QED) is 0.594. The highest BCUT2D eigenvalue weighted by Gasteiger charge is 2.11. The smallest absolute Gasteiger partial charge is 0.403 e. The van der Waals surface area contributed by atoms with Gasteiger partial charge in [-0.1, -0.05) is 0 Å². The van der Waals surface area contributed by atoms with Crippen molar-refractivity contribution in [2.75, 3.05) is 6.61 Å². The molecule has 0 spiro atoms. The first-order valence-electron chi connectivity index (χ1n) is 4.40. The Morgan fingerprint density at radius 2 is 1.94 bits per heavy atom. The minimum atomic E-state index is -1.11. The summed E-state index contributed by atoms with van der Waals surface area (Å²) in [6.45, 7) is 2.04. The minimum absolute atomic E-state index is 0.0213. The number of halogens is 1. The number of carbonyl (C=O) groups is 3. The third-order valence-corrected chi connectivity index (χ3v) is 1.39. The molecule has 0 saturated heterocycles. The zero-order chi connectivity index (χ0) is 13.1. The maximum absolute atomic E-state index is 10.1. The van der Waals surface area contributed by atoms with Crippen molar-refractivity contribution in [1.82, 2.24) is 0 Å². The molecule has 0 aliphatic rings. The molecule has 8 heteroatoms. The van der Waals surface area contributed by atoms with Gasteiger partial charge in [0.15, 0.2) is 0 Å². The van der Waals surface area contributed by atoms with Crippen molar-refractivity contribution in [3.8, 4) is 0 Å². The second kappa shape index (κ2) is 10.2. The van der Waals surface area contributed by atoms with Crippen LogP contribution in [0.4, 0.5) is 4.79 Å². The number of primary amides is 1. The molecule has 0 aliphatic carbocycles. The van der Waals surface area contributed by atoms with Crippen LogP contribution in [0.3, 0.4) is 0 Å². The molecule has 0 radical (unpaired) electrons. The first kappa shape index (κ1) is 17.1. The van der Waals surface area contributed by atoms with Gasteiger partial charge in [0.1, 0.15) is 6.04 Å². The van der Waals surface area contributed by atoms with E-state index in [4.69, 9.17) is 28.2 Å². The van der Waals surface area contributed by atoms with Crippen LogP contribution in [0.25, 0.3) is 0 Å². The molecule has 94 valence electrons. The predicted octanol–water partition coefficient (Wildman–Crippen LogP) is 0.0455. The van der Waals surface area contributed by atoms with E-state index < -0.39 is 23.3 Å². The van der Waals surface area contributed by atoms with Crippen LogP contribution in [0.15, 0.2) is 0 Å². The molecule has 1 unspecified atom stereocenters. The van der Waals surface area contributed by atoms with Crippen LogP contribution < -0.4 is 11.5 Å². The van der Waals surface area contributed by atoms with E-state index in [1.807, 2.05) is 0 Å². The summed E-state index contributed by atoms with van der Waals surface area (Å²) in [6.07, 6.45) is 0.123. The van der Waals surface area contributed by atoms with Crippen molar-refractivity contribution >= 4 is 28.9 Å². The lowest BCUT2D eigenvalue weighted by Crippen LogP contribution is -2.31. The molecule has 0 rings (SSSR count). The van der Waals surface area contributed by atoms with E-state index >= 15 is 0 Å². The van der Waals surface area contributed by atoms with Crippen LogP contribution in [-0.4, -0.2) is 35.1 Å². The fourth-order valence-electron chi connectivity index (χ4n) is 0.535. The van der Waals surface area contributed by atoms with E-state index in [2.05, 4.69) is 4.74 Å². The lowest BCUT2D eigenvalue weighted by Gasteiger charge is -2.01. The SMILES string of the molecule is CCOC(=O)Cl.NC(=O)CCC(N)C(=O)O. The Bertz CT molecular complexity index is 247. The number of hydrogen-bond donors (Lipinski definition) is 3. The van der Waals surface area contributed by atoms with Gasteiger partial charge in [-0.25, -0.2) is 4.79 Å². The highest BCUT2D eigenvalue weighted by Crippen LogP contribution is 1.92. The molecule has 5 N–H and O–H groups in total. The van der Waals surface area contributed by atoms with E-state index in [0.717, 1.165) is 0 Å². The summed E-state index contributed by atoms with van der Waals surface area (Å²) in [6, 6.07) is -0.979. The Morgan fingerprint density at radius 1 is 1.44 bits per heavy atom. The number of carboxylic acid groups (broad SMARTS) is 1. The van der Waals surface area contributed by atoms with Crippen LogP contribution in [0.1, 0.15) is 19.8 Å². The molecule has 0 heterocycles. The number of aliphatic carboxylic acids is 1. The maximum Gasteiger partial charge on any atom is 0.403 e. The minimum Gasteiger partial charge on any atom is -0.480 e. The van der Waals surface area contributed by atoms with Gasteiger partial charge in [0.25, 0.3) is 0 Å². The molecule has 1 amide bonds. The van der Waals surface area contributed by atoms with Crippen molar-refractivity contribution in [2.24, 2.45) is 11.5 Å². The van der Waals surface area contributed by atoms with Crippen LogP contribution in [0.2, 0.25) is 0 Å². The number of carbonyl (C=O) groups excluding carboxylic acids is 2. The zero-order valence-corrected chi connectivity index (χ0v) is 9.57. The van der Waals surface area contributed by atoms with Crippen molar-refractivity contribution in [3.05, 3.63) is 0 Å². The van der Waals surface area contributed by atoms with E-state index in [0.29, 0.717) is 6.61 Å². The van der Waals surface area contributed by atoms with Crippen LogP contribution in [-0.2, 0) is 14.3 Å². The number of hydrogen-bond acceptors (Lipinski definition) is 5. The lowest BCUT2D eigenvalue weighted by atomic mass is 10.2. The third-order valence-electron chi connectivity index (χ3n) is 1.28. The number of ether oxygens (including phenoxy) is 1. The molecule has 16 heavy (non-hydrogen) atoms. The van der Waals surface area contributed by atoms with Gasteiger partial charge in [-0.15, -0.1) is 0 Å². The predicted molar refractivity (Wildman–Crippen MR) is 56.9 cm³/mol. The van der Waals surface area contributed by atoms with Gasteiger partial charge in [-0.3, -0.25) is 9.59 Å². The van der Waals surface area contributed by atoms with E-state index in [1.54, 1.807) is 6.92 Å². The summed E-state index contributed by atoms with van der Waals surface area (Å²) in [5.41, 5.74) is 9.07. The van der Waals surface area contributed by atoms with Gasteiger partial charge in [-0.05, 0) is 13.3 Å². The lowest BCUT2D eigenvalue weighted by molar-refractivity contribution is -0.138. The van der Waals surface area contributed by atoms with Crippen molar-refractivity contribution in [2.45, 2.75) is 25.8 Å². The fourth-order valence-corrected chi connectivity index (χ4v) is 0.644. The number of carboxylic acids is 1. The van der Waals surface area contributed by atoms with Gasteiger partial charge in [0.05, 0.1) is 6.61 Å². The number of nitrogens with two attached hydrogens (primary N) is 2. The summed E-state index contributed by atoms with van der Waals surface area (Å²) in [5, 5.41) is 8.22. The van der Waals surface area contributed by atoms with Crippen LogP contribution in [0.5, 0.6) is 0 Å². The second-order valence-electron chi connectivity index (χ2n) is 2.62. The number of amides is 1. The third kappa shape index (κ3) is 15.1. The highest BCUT2D eigenvalue weighted by atomic mass is 35.5. The summed E-state index contributed by atoms with van der Waals surface area (Å²) < 4.78 is 4.17. The van der Waals surface area contributed by atoms with Crippen molar-refractivity contribution in [3.63, 3.8) is 0 Å². The summed E-state index contributed by atoms with van der Waals surface area (Å²) in [5.74, 6) is -1.64. The van der Waals surface area contributed by atoms with Crippen molar-refractivity contribution < 1.29 is 24.2 Å². The van der Waals surface area contributed by atoms with Crippen LogP contribution >= 0.6 is 11.6 Å². The average Bonchev–Trinajstić information content (AvgIpc) is 2.14. The Hall–Kier alpha value is -1.34. The van der Waals surface area contributed by atoms with Gasteiger partial charge >= 0.3 is 11.4 Å². The Morgan fingerprint density at radius 3 is 2.12 bits per heavy atom. The Labute approximate surface area is 97.7 Å². The second-order valence-corrected chi connectivity index (χ2v) is 2.93. The highest BCUT2D eigenvalue weighted by molar-refractivity contribution is 6.61. The monoisotopic (exact) mass is 254 g/mol. The number of rotatable bonds is 5. The first-order chi connectivity index (χ1) is 7.31. The molecule has 0 aromatic heterocycles. The topological polar surface area (TPSA) is 133 Å². The van der Waals surface area contributed by atoms with Gasteiger partial charge in [-0.2, -0.15) is 0 Å². The Balaban J connectivity index is 0. The summed E-state index contributed by atoms with van der Waals surface area (Å²) >= 11 is 4.72. The Kier molecular flexibility index (Phi) is 10.9. The van der Waals surface area contributed by atoms with Gasteiger partial charge in [0, 0.05) is 18.0 Å². The summed E-state index contributed by atoms with van der Waals surface area (Å²) in [4.78, 5) is 29.7. The summed E-state index contributed by atoms with van der Waals surface area (Å²) in [7, 11) is 0. The molecule has 0 saturated carbocycles. The molecular formula is C8H15ClN2O5. The van der Waals surface area contributed by atoms with E-state index in [-0.39, 0.29) is 12.8 Å². The van der Waals surface area contributed by atoms with Gasteiger partial charge in [0.2, 0.25) is 5.91 Å². The van der Waals surface area contributed by atoms with Gasteiger partial charge < -0.3 is 21.3 Å². The molecule has 0 fully saturated rings. The molecular weight excluding hydrogens is 240 g/mol. The molecule has 0 aliphatic heterocycles. The maximum atomic E-state index is 10.1. The van der Waals surface area contributed by atoms with E-state index in [1.165, 1.54) is 0 Å². The first-order valence-corrected chi connectivity index (χ1v) is 4.78. The normalized spacial score (nSPS) is 10.7. The molecule has 7 nitrogen and oxygen atoms in total. The standard InChI is InChI=1S/C5H10N2O3.C3H5ClO2/c6-3(5(9)10)1-2-4(7)8;1-2-6-3(4)5/h3H,1-2,6H2,(H2,7,8)(H,9,10);2H2,1H3. The fraction of sp³-hybridized carbons (Fsp3) is 0.625. The zero-order valence-electron chi connectivity index (χ0n) is 8.81. The largest absolute Gasteiger partial charge is 0.480 e.